The normalized spacial score (nSPS) is 14.6. The summed E-state index contributed by atoms with van der Waals surface area (Å²) in [6, 6.07) is 5.73. The molecule has 1 aromatic rings. The fraction of sp³-hybridized carbons (Fsp3) is 0.273. The highest BCUT2D eigenvalue weighted by atomic mass is 35.5. The third-order valence-electron chi connectivity index (χ3n) is 2.39. The third-order valence-corrected chi connectivity index (χ3v) is 2.74. The second kappa shape index (κ2) is 4.13. The molecule has 1 aromatic carbocycles. The quantitative estimate of drug-likeness (QED) is 0.773. The number of hydrogen-bond acceptors (Lipinski definition) is 3. The lowest BCUT2D eigenvalue weighted by Gasteiger charge is -2.26. The number of ether oxygens (including phenoxy) is 1. The van der Waals surface area contributed by atoms with E-state index in [2.05, 4.69) is 0 Å². The minimum atomic E-state index is 0.661. The Bertz CT molecular complexity index is 404. The monoisotopic (exact) mass is 225 g/mol. The molecule has 0 bridgehead atoms. The van der Waals surface area contributed by atoms with Crippen LogP contribution in [0.1, 0.15) is 5.56 Å². The number of benzene rings is 1. The Hall–Kier alpha value is -1.19. The van der Waals surface area contributed by atoms with Crippen LogP contribution < -0.4 is 9.80 Å². The summed E-state index contributed by atoms with van der Waals surface area (Å²) in [7, 11) is 3.28. The van der Waals surface area contributed by atoms with Crippen molar-refractivity contribution in [2.24, 2.45) is 0 Å². The highest BCUT2D eigenvalue weighted by Crippen LogP contribution is 2.36. The molecule has 0 fully saturated rings. The van der Waals surface area contributed by atoms with Gasteiger partial charge in [0.25, 0.3) is 0 Å². The van der Waals surface area contributed by atoms with Crippen molar-refractivity contribution in [2.45, 2.75) is 0 Å². The maximum atomic E-state index is 6.12. The first kappa shape index (κ1) is 10.3. The molecule has 2 rings (SSSR count). The molecule has 0 saturated heterocycles. The minimum absolute atomic E-state index is 0.661. The largest absolute Gasteiger partial charge is 0.497 e. The smallest absolute Gasteiger partial charge is 0.119 e. The molecule has 15 heavy (non-hydrogen) atoms. The lowest BCUT2D eigenvalue weighted by Crippen LogP contribution is -2.25. The van der Waals surface area contributed by atoms with Crippen LogP contribution in [0.25, 0.3) is 5.03 Å². The van der Waals surface area contributed by atoms with Crippen LogP contribution in [-0.4, -0.2) is 20.8 Å². The summed E-state index contributed by atoms with van der Waals surface area (Å²) in [5.41, 5.74) is 1.90. The fourth-order valence-electron chi connectivity index (χ4n) is 1.60. The summed E-state index contributed by atoms with van der Waals surface area (Å²) < 4.78 is 5.15. The molecule has 1 aliphatic heterocycles. The van der Waals surface area contributed by atoms with E-state index in [9.17, 15) is 0 Å². The van der Waals surface area contributed by atoms with Gasteiger partial charge in [-0.1, -0.05) is 11.6 Å². The van der Waals surface area contributed by atoms with Crippen molar-refractivity contribution < 1.29 is 9.57 Å². The third kappa shape index (κ3) is 1.80. The van der Waals surface area contributed by atoms with Gasteiger partial charge in [0, 0.05) is 10.6 Å². The fourth-order valence-corrected chi connectivity index (χ4v) is 1.82. The highest BCUT2D eigenvalue weighted by Gasteiger charge is 2.18. The van der Waals surface area contributed by atoms with Gasteiger partial charge < -0.3 is 4.74 Å². The molecule has 0 atom stereocenters. The lowest BCUT2D eigenvalue weighted by atomic mass is 10.1. The number of hydroxylamine groups is 1. The molecule has 1 aliphatic rings. The Morgan fingerprint density at radius 3 is 2.80 bits per heavy atom. The molecular formula is C11H12ClNO2. The Kier molecular flexibility index (Phi) is 2.84. The average Bonchev–Trinajstić information content (AvgIpc) is 2.29. The van der Waals surface area contributed by atoms with E-state index >= 15 is 0 Å². The van der Waals surface area contributed by atoms with Gasteiger partial charge in [-0.2, -0.15) is 0 Å². The molecule has 3 nitrogen and oxygen atoms in total. The summed E-state index contributed by atoms with van der Waals surface area (Å²) in [6.45, 7) is 0.661. The number of hydrogen-bond donors (Lipinski definition) is 0. The van der Waals surface area contributed by atoms with Crippen LogP contribution in [0.3, 0.4) is 0 Å². The summed E-state index contributed by atoms with van der Waals surface area (Å²) in [5, 5.41) is 2.51. The minimum Gasteiger partial charge on any atom is -0.497 e. The second-order valence-corrected chi connectivity index (χ2v) is 3.59. The molecule has 1 heterocycles. The van der Waals surface area contributed by atoms with E-state index in [-0.39, 0.29) is 0 Å². The average molecular weight is 226 g/mol. The Balaban J connectivity index is 2.49. The topological polar surface area (TPSA) is 21.7 Å². The van der Waals surface area contributed by atoms with Crippen molar-refractivity contribution in [1.29, 1.82) is 0 Å². The zero-order valence-corrected chi connectivity index (χ0v) is 9.41. The van der Waals surface area contributed by atoms with E-state index in [1.54, 1.807) is 19.3 Å². The van der Waals surface area contributed by atoms with Crippen molar-refractivity contribution >= 4 is 22.3 Å². The number of methoxy groups -OCH3 is 1. The SMILES string of the molecule is COc1ccc2c(c1)C(Cl)=CCN2OC. The number of nitrogens with zero attached hydrogens (tertiary/aromatic N) is 1. The predicted octanol–water partition coefficient (Wildman–Crippen LogP) is 2.66. The van der Waals surface area contributed by atoms with Gasteiger partial charge in [-0.3, -0.25) is 4.84 Å². The van der Waals surface area contributed by atoms with Crippen LogP contribution in [0, 0.1) is 0 Å². The first-order valence-electron chi connectivity index (χ1n) is 4.62. The molecule has 0 N–H and O–H groups in total. The first-order chi connectivity index (χ1) is 7.26. The molecule has 4 heteroatoms. The summed E-state index contributed by atoms with van der Waals surface area (Å²) in [5.74, 6) is 0.790. The van der Waals surface area contributed by atoms with Crippen LogP contribution in [0.4, 0.5) is 5.69 Å². The van der Waals surface area contributed by atoms with Gasteiger partial charge in [-0.15, -0.1) is 0 Å². The number of anilines is 1. The summed E-state index contributed by atoms with van der Waals surface area (Å²) >= 11 is 6.12. The van der Waals surface area contributed by atoms with Gasteiger partial charge in [0.1, 0.15) is 5.75 Å². The van der Waals surface area contributed by atoms with E-state index in [0.717, 1.165) is 22.0 Å². The number of halogens is 1. The van der Waals surface area contributed by atoms with E-state index < -0.39 is 0 Å². The van der Waals surface area contributed by atoms with Crippen molar-refractivity contribution in [3.05, 3.63) is 29.8 Å². The molecule has 80 valence electrons. The molecular weight excluding hydrogens is 214 g/mol. The molecule has 0 unspecified atom stereocenters. The number of fused-ring (bicyclic) bond motifs is 1. The van der Waals surface area contributed by atoms with Gasteiger partial charge in [0.2, 0.25) is 0 Å². The first-order valence-corrected chi connectivity index (χ1v) is 4.99. The highest BCUT2D eigenvalue weighted by molar-refractivity contribution is 6.49. The Labute approximate surface area is 93.8 Å². The Morgan fingerprint density at radius 1 is 1.33 bits per heavy atom. The van der Waals surface area contributed by atoms with Crippen molar-refractivity contribution in [3.8, 4) is 5.75 Å². The van der Waals surface area contributed by atoms with Crippen LogP contribution in [0.5, 0.6) is 5.75 Å². The van der Waals surface area contributed by atoms with Gasteiger partial charge in [-0.25, -0.2) is 5.06 Å². The van der Waals surface area contributed by atoms with Gasteiger partial charge in [-0.05, 0) is 24.3 Å². The molecule has 0 amide bonds. The molecule has 0 spiro atoms. The van der Waals surface area contributed by atoms with Gasteiger partial charge in [0.15, 0.2) is 0 Å². The van der Waals surface area contributed by atoms with Crippen LogP contribution >= 0.6 is 11.6 Å². The lowest BCUT2D eigenvalue weighted by molar-refractivity contribution is 0.174. The zero-order chi connectivity index (χ0) is 10.8. The maximum Gasteiger partial charge on any atom is 0.119 e. The van der Waals surface area contributed by atoms with Crippen LogP contribution in [0.15, 0.2) is 24.3 Å². The van der Waals surface area contributed by atoms with Crippen molar-refractivity contribution in [1.82, 2.24) is 0 Å². The van der Waals surface area contributed by atoms with Gasteiger partial charge in [0.05, 0.1) is 26.5 Å². The van der Waals surface area contributed by atoms with Crippen LogP contribution in [0.2, 0.25) is 0 Å². The predicted molar refractivity (Wildman–Crippen MR) is 61.2 cm³/mol. The van der Waals surface area contributed by atoms with Crippen LogP contribution in [-0.2, 0) is 4.84 Å². The summed E-state index contributed by atoms with van der Waals surface area (Å²) in [4.78, 5) is 5.23. The number of rotatable bonds is 2. The molecule has 0 saturated carbocycles. The van der Waals surface area contributed by atoms with E-state index in [1.807, 2.05) is 24.3 Å². The van der Waals surface area contributed by atoms with Crippen molar-refractivity contribution in [3.63, 3.8) is 0 Å². The van der Waals surface area contributed by atoms with E-state index in [4.69, 9.17) is 21.2 Å². The standard InChI is InChI=1S/C11H12ClNO2/c1-14-8-3-4-11-9(7-8)10(12)5-6-13(11)15-2/h3-5,7H,6H2,1-2H3. The van der Waals surface area contributed by atoms with Gasteiger partial charge >= 0.3 is 0 Å². The molecule has 0 aromatic heterocycles. The summed E-state index contributed by atoms with van der Waals surface area (Å²) in [6.07, 6.45) is 1.91. The maximum absolute atomic E-state index is 6.12. The van der Waals surface area contributed by atoms with Crippen molar-refractivity contribution in [2.75, 3.05) is 25.8 Å². The zero-order valence-electron chi connectivity index (χ0n) is 8.66. The van der Waals surface area contributed by atoms with E-state index in [0.29, 0.717) is 6.54 Å². The molecule has 0 radical (unpaired) electrons. The Morgan fingerprint density at radius 2 is 2.13 bits per heavy atom. The second-order valence-electron chi connectivity index (χ2n) is 3.18. The van der Waals surface area contributed by atoms with E-state index in [1.165, 1.54) is 0 Å². The molecule has 0 aliphatic carbocycles.